The summed E-state index contributed by atoms with van der Waals surface area (Å²) in [7, 11) is 0. The molecule has 156 valence electrons. The normalized spacial score (nSPS) is 18.7. The van der Waals surface area contributed by atoms with Crippen molar-refractivity contribution in [2.45, 2.75) is 51.5 Å². The van der Waals surface area contributed by atoms with Gasteiger partial charge in [-0.25, -0.2) is 0 Å². The summed E-state index contributed by atoms with van der Waals surface area (Å²) in [5, 5.41) is 5.73. The zero-order valence-corrected chi connectivity index (χ0v) is 16.8. The number of rotatable bonds is 6. The van der Waals surface area contributed by atoms with Gasteiger partial charge in [0.1, 0.15) is 6.54 Å². The highest BCUT2D eigenvalue weighted by molar-refractivity contribution is 6.10. The summed E-state index contributed by atoms with van der Waals surface area (Å²) in [5.41, 5.74) is 1.26. The van der Waals surface area contributed by atoms with Crippen molar-refractivity contribution in [1.82, 2.24) is 10.2 Å². The molecule has 0 spiro atoms. The van der Waals surface area contributed by atoms with E-state index < -0.39 is 0 Å². The van der Waals surface area contributed by atoms with Gasteiger partial charge in [-0.3, -0.25) is 19.2 Å². The lowest BCUT2D eigenvalue weighted by Gasteiger charge is -2.33. The second kappa shape index (κ2) is 9.54. The number of benzene rings is 1. The number of nitrogens with zero attached hydrogens (tertiary/aromatic N) is 2. The molecule has 2 aliphatic rings. The Hall–Kier alpha value is -2.90. The van der Waals surface area contributed by atoms with Gasteiger partial charge in [-0.05, 0) is 31.4 Å². The summed E-state index contributed by atoms with van der Waals surface area (Å²) in [4.78, 5) is 52.2. The van der Waals surface area contributed by atoms with Crippen molar-refractivity contribution in [3.63, 3.8) is 0 Å². The molecule has 4 amide bonds. The Balaban J connectivity index is 1.53. The van der Waals surface area contributed by atoms with Gasteiger partial charge in [-0.2, -0.15) is 0 Å². The number of carbonyl (C=O) groups excluding carboxylic acids is 4. The minimum atomic E-state index is -0.245. The summed E-state index contributed by atoms with van der Waals surface area (Å²) in [6.07, 6.45) is 3.11. The maximum absolute atomic E-state index is 12.7. The van der Waals surface area contributed by atoms with Gasteiger partial charge in [0, 0.05) is 38.4 Å². The topological polar surface area (TPSA) is 98.8 Å². The maximum Gasteiger partial charge on any atom is 0.244 e. The standard InChI is InChI=1S/C21H28N4O4/c1-2-6-18(26)22-15-7-5-12-24(13-15)20(28)10-11-21(29)25-14-19(27)23-16-8-3-4-9-17(16)25/h3-4,8-9,15H,2,5-7,10-14H2,1H3,(H,22,26)(H,23,27). The number of hydrogen-bond acceptors (Lipinski definition) is 4. The first kappa shape index (κ1) is 20.8. The highest BCUT2D eigenvalue weighted by Gasteiger charge is 2.28. The molecule has 0 bridgehead atoms. The fourth-order valence-electron chi connectivity index (χ4n) is 3.81. The molecule has 2 aliphatic heterocycles. The van der Waals surface area contributed by atoms with E-state index in [0.717, 1.165) is 19.3 Å². The van der Waals surface area contributed by atoms with Crippen molar-refractivity contribution in [2.24, 2.45) is 0 Å². The number of fused-ring (bicyclic) bond motifs is 1. The van der Waals surface area contributed by atoms with Crippen molar-refractivity contribution < 1.29 is 19.2 Å². The molecular weight excluding hydrogens is 372 g/mol. The molecule has 0 saturated carbocycles. The van der Waals surface area contributed by atoms with Gasteiger partial charge in [0.15, 0.2) is 0 Å². The number of carbonyl (C=O) groups is 4. The third-order valence-corrected chi connectivity index (χ3v) is 5.24. The molecule has 2 N–H and O–H groups in total. The lowest BCUT2D eigenvalue weighted by molar-refractivity contribution is -0.135. The van der Waals surface area contributed by atoms with Crippen LogP contribution in [0.3, 0.4) is 0 Å². The van der Waals surface area contributed by atoms with Gasteiger partial charge in [-0.15, -0.1) is 0 Å². The molecule has 1 aromatic rings. The molecule has 1 saturated heterocycles. The Morgan fingerprint density at radius 1 is 1.14 bits per heavy atom. The average molecular weight is 400 g/mol. The van der Waals surface area contributed by atoms with Crippen LogP contribution in [-0.4, -0.2) is 54.2 Å². The van der Waals surface area contributed by atoms with Crippen LogP contribution in [0.15, 0.2) is 24.3 Å². The van der Waals surface area contributed by atoms with E-state index in [0.29, 0.717) is 30.9 Å². The second-order valence-corrected chi connectivity index (χ2v) is 7.54. The van der Waals surface area contributed by atoms with Gasteiger partial charge < -0.3 is 20.4 Å². The summed E-state index contributed by atoms with van der Waals surface area (Å²) >= 11 is 0. The van der Waals surface area contributed by atoms with Crippen molar-refractivity contribution in [3.8, 4) is 0 Å². The largest absolute Gasteiger partial charge is 0.352 e. The van der Waals surface area contributed by atoms with Crippen LogP contribution in [0, 0.1) is 0 Å². The van der Waals surface area contributed by atoms with Gasteiger partial charge in [0.25, 0.3) is 0 Å². The third kappa shape index (κ3) is 5.34. The molecule has 1 atom stereocenters. The highest BCUT2D eigenvalue weighted by Crippen LogP contribution is 2.29. The van der Waals surface area contributed by atoms with Crippen molar-refractivity contribution in [2.75, 3.05) is 29.9 Å². The molecule has 0 aliphatic carbocycles. The quantitative estimate of drug-likeness (QED) is 0.759. The number of piperidine rings is 1. The Labute approximate surface area is 170 Å². The lowest BCUT2D eigenvalue weighted by Crippen LogP contribution is -2.49. The Morgan fingerprint density at radius 2 is 1.90 bits per heavy atom. The highest BCUT2D eigenvalue weighted by atomic mass is 16.2. The van der Waals surface area contributed by atoms with Gasteiger partial charge in [0.2, 0.25) is 23.6 Å². The van der Waals surface area contributed by atoms with E-state index in [9.17, 15) is 19.2 Å². The number of para-hydroxylation sites is 2. The molecule has 8 heteroatoms. The molecule has 0 aromatic heterocycles. The zero-order chi connectivity index (χ0) is 20.8. The minimum absolute atomic E-state index is 0.0176. The summed E-state index contributed by atoms with van der Waals surface area (Å²) < 4.78 is 0. The van der Waals surface area contributed by atoms with E-state index in [-0.39, 0.29) is 49.1 Å². The van der Waals surface area contributed by atoms with E-state index in [2.05, 4.69) is 10.6 Å². The van der Waals surface area contributed by atoms with Crippen LogP contribution in [0.2, 0.25) is 0 Å². The van der Waals surface area contributed by atoms with Crippen LogP contribution in [0.1, 0.15) is 45.4 Å². The Morgan fingerprint density at radius 3 is 2.69 bits per heavy atom. The zero-order valence-electron chi connectivity index (χ0n) is 16.8. The molecule has 0 radical (unpaired) electrons. The number of anilines is 2. The molecule has 3 rings (SSSR count). The lowest BCUT2D eigenvalue weighted by atomic mass is 10.0. The number of hydrogen-bond donors (Lipinski definition) is 2. The minimum Gasteiger partial charge on any atom is -0.352 e. The monoisotopic (exact) mass is 400 g/mol. The first-order valence-electron chi connectivity index (χ1n) is 10.2. The third-order valence-electron chi connectivity index (χ3n) is 5.24. The van der Waals surface area contributed by atoms with E-state index in [4.69, 9.17) is 0 Å². The van der Waals surface area contributed by atoms with E-state index >= 15 is 0 Å². The first-order valence-corrected chi connectivity index (χ1v) is 10.2. The number of likely N-dealkylation sites (tertiary alicyclic amines) is 1. The summed E-state index contributed by atoms with van der Waals surface area (Å²) in [6.45, 7) is 3.04. The van der Waals surface area contributed by atoms with Crippen LogP contribution >= 0.6 is 0 Å². The van der Waals surface area contributed by atoms with Crippen molar-refractivity contribution in [3.05, 3.63) is 24.3 Å². The predicted molar refractivity (Wildman–Crippen MR) is 109 cm³/mol. The Kier molecular flexibility index (Phi) is 6.85. The first-order chi connectivity index (χ1) is 14.0. The summed E-state index contributed by atoms with van der Waals surface area (Å²) in [6, 6.07) is 7.10. The van der Waals surface area contributed by atoms with Crippen molar-refractivity contribution in [1.29, 1.82) is 0 Å². The number of amides is 4. The van der Waals surface area contributed by atoms with Gasteiger partial charge in [-0.1, -0.05) is 19.1 Å². The summed E-state index contributed by atoms with van der Waals surface area (Å²) in [5.74, 6) is -0.568. The molecular formula is C21H28N4O4. The molecule has 1 aromatic carbocycles. The fraction of sp³-hybridized carbons (Fsp3) is 0.524. The molecule has 1 fully saturated rings. The van der Waals surface area contributed by atoms with Crippen LogP contribution in [-0.2, 0) is 19.2 Å². The second-order valence-electron chi connectivity index (χ2n) is 7.54. The van der Waals surface area contributed by atoms with Crippen LogP contribution < -0.4 is 15.5 Å². The van der Waals surface area contributed by atoms with Gasteiger partial charge >= 0.3 is 0 Å². The van der Waals surface area contributed by atoms with E-state index in [1.54, 1.807) is 23.1 Å². The smallest absolute Gasteiger partial charge is 0.244 e. The van der Waals surface area contributed by atoms with Gasteiger partial charge in [0.05, 0.1) is 11.4 Å². The average Bonchev–Trinajstić information content (AvgIpc) is 2.71. The molecule has 29 heavy (non-hydrogen) atoms. The predicted octanol–water partition coefficient (Wildman–Crippen LogP) is 1.66. The van der Waals surface area contributed by atoms with Crippen LogP contribution in [0.5, 0.6) is 0 Å². The van der Waals surface area contributed by atoms with Crippen LogP contribution in [0.4, 0.5) is 11.4 Å². The van der Waals surface area contributed by atoms with E-state index in [1.165, 1.54) is 4.90 Å². The van der Waals surface area contributed by atoms with Crippen LogP contribution in [0.25, 0.3) is 0 Å². The molecule has 1 unspecified atom stereocenters. The van der Waals surface area contributed by atoms with E-state index in [1.807, 2.05) is 13.0 Å². The molecule has 8 nitrogen and oxygen atoms in total. The maximum atomic E-state index is 12.7. The fourth-order valence-corrected chi connectivity index (χ4v) is 3.81. The van der Waals surface area contributed by atoms with Crippen molar-refractivity contribution >= 4 is 35.0 Å². The SMILES string of the molecule is CCCC(=O)NC1CCCN(C(=O)CCC(=O)N2CC(=O)Nc3ccccc32)C1. The number of nitrogens with one attached hydrogen (secondary N) is 2. The Bertz CT molecular complexity index is 795. The molecule has 2 heterocycles.